The zero-order valence-electron chi connectivity index (χ0n) is 16.1. The third kappa shape index (κ3) is 6.44. The van der Waals surface area contributed by atoms with E-state index in [0.717, 1.165) is 31.6 Å². The fourth-order valence-electron chi connectivity index (χ4n) is 3.59. The van der Waals surface area contributed by atoms with Crippen LogP contribution in [0.5, 0.6) is 0 Å². The van der Waals surface area contributed by atoms with Crippen LogP contribution in [0.25, 0.3) is 0 Å². The minimum Gasteiger partial charge on any atom is -0.367 e. The van der Waals surface area contributed by atoms with Crippen LogP contribution in [-0.2, 0) is 9.53 Å². The lowest BCUT2D eigenvalue weighted by Gasteiger charge is -2.37. The number of amides is 1. The van der Waals surface area contributed by atoms with E-state index in [1.54, 1.807) is 0 Å². The largest absolute Gasteiger partial charge is 0.367 e. The van der Waals surface area contributed by atoms with Gasteiger partial charge in [-0.05, 0) is 51.4 Å². The van der Waals surface area contributed by atoms with Gasteiger partial charge in [-0.3, -0.25) is 4.79 Å². The maximum Gasteiger partial charge on any atom is 0.222 e. The zero-order valence-corrected chi connectivity index (χ0v) is 16.1. The third-order valence-corrected chi connectivity index (χ3v) is 4.73. The highest BCUT2D eigenvalue weighted by Crippen LogP contribution is 2.25. The molecule has 25 heavy (non-hydrogen) atoms. The molecule has 2 rings (SSSR count). The molecular weight excluding hydrogens is 312 g/mol. The molecule has 1 aromatic carbocycles. The summed E-state index contributed by atoms with van der Waals surface area (Å²) in [6.45, 7) is 11.1. The van der Waals surface area contributed by atoms with Gasteiger partial charge in [0.15, 0.2) is 0 Å². The van der Waals surface area contributed by atoms with Crippen molar-refractivity contribution < 1.29 is 9.53 Å². The van der Waals surface area contributed by atoms with Crippen LogP contribution in [0.15, 0.2) is 30.3 Å². The summed E-state index contributed by atoms with van der Waals surface area (Å²) < 4.78 is 6.06. The van der Waals surface area contributed by atoms with E-state index >= 15 is 0 Å². The number of morpholine rings is 1. The first-order valence-corrected chi connectivity index (χ1v) is 9.84. The average molecular weight is 347 g/mol. The SMILES string of the molecule is CCCN(CCC)CCCC(=O)N1CC(C)OC(c2ccccc2)C1. The molecular formula is C21H34N2O2. The summed E-state index contributed by atoms with van der Waals surface area (Å²) in [4.78, 5) is 17.1. The first-order valence-electron chi connectivity index (χ1n) is 9.84. The fraction of sp³-hybridized carbons (Fsp3) is 0.667. The first-order chi connectivity index (χ1) is 12.1. The number of nitrogens with zero attached hydrogens (tertiary/aromatic N) is 2. The smallest absolute Gasteiger partial charge is 0.222 e. The van der Waals surface area contributed by atoms with Crippen molar-refractivity contribution >= 4 is 5.91 Å². The van der Waals surface area contributed by atoms with Gasteiger partial charge in [-0.1, -0.05) is 44.2 Å². The second-order valence-electron chi connectivity index (χ2n) is 7.09. The van der Waals surface area contributed by atoms with Crippen molar-refractivity contribution in [3.8, 4) is 0 Å². The van der Waals surface area contributed by atoms with Crippen LogP contribution in [0.3, 0.4) is 0 Å². The Morgan fingerprint density at radius 2 is 1.80 bits per heavy atom. The Kier molecular flexibility index (Phi) is 8.42. The molecule has 0 N–H and O–H groups in total. The highest BCUT2D eigenvalue weighted by molar-refractivity contribution is 5.76. The van der Waals surface area contributed by atoms with E-state index in [-0.39, 0.29) is 18.1 Å². The van der Waals surface area contributed by atoms with Crippen LogP contribution < -0.4 is 0 Å². The molecule has 4 heteroatoms. The lowest BCUT2D eigenvalue weighted by Crippen LogP contribution is -2.46. The van der Waals surface area contributed by atoms with Crippen LogP contribution in [0, 0.1) is 0 Å². The van der Waals surface area contributed by atoms with Crippen LogP contribution in [-0.4, -0.2) is 54.5 Å². The van der Waals surface area contributed by atoms with E-state index < -0.39 is 0 Å². The Balaban J connectivity index is 1.83. The minimum atomic E-state index is -0.00872. The standard InChI is InChI=1S/C21H34N2O2/c1-4-13-22(14-5-2)15-9-12-21(24)23-16-18(3)25-20(17-23)19-10-7-6-8-11-19/h6-8,10-11,18,20H,4-5,9,12-17H2,1-3H3. The van der Waals surface area contributed by atoms with Gasteiger partial charge in [-0.2, -0.15) is 0 Å². The maximum atomic E-state index is 12.7. The predicted octanol–water partition coefficient (Wildman–Crippen LogP) is 3.88. The molecule has 2 atom stereocenters. The number of hydrogen-bond donors (Lipinski definition) is 0. The lowest BCUT2D eigenvalue weighted by molar-refractivity contribution is -0.145. The molecule has 0 aromatic heterocycles. The molecule has 4 nitrogen and oxygen atoms in total. The van der Waals surface area contributed by atoms with Gasteiger partial charge in [0, 0.05) is 13.0 Å². The Labute approximate surface area is 153 Å². The Morgan fingerprint density at radius 3 is 2.44 bits per heavy atom. The number of rotatable bonds is 9. The van der Waals surface area contributed by atoms with Crippen molar-refractivity contribution in [2.75, 3.05) is 32.7 Å². The van der Waals surface area contributed by atoms with E-state index in [9.17, 15) is 4.79 Å². The summed E-state index contributed by atoms with van der Waals surface area (Å²) in [5.41, 5.74) is 1.16. The van der Waals surface area contributed by atoms with Crippen molar-refractivity contribution in [3.63, 3.8) is 0 Å². The number of carbonyl (C=O) groups is 1. The Hall–Kier alpha value is -1.39. The number of hydrogen-bond acceptors (Lipinski definition) is 3. The molecule has 1 aromatic rings. The molecule has 1 fully saturated rings. The van der Waals surface area contributed by atoms with Crippen molar-refractivity contribution in [2.45, 2.75) is 58.7 Å². The second kappa shape index (κ2) is 10.6. The monoisotopic (exact) mass is 346 g/mol. The first kappa shape index (κ1) is 19.9. The quantitative estimate of drug-likeness (QED) is 0.680. The van der Waals surface area contributed by atoms with Crippen molar-refractivity contribution in [2.24, 2.45) is 0 Å². The molecule has 1 amide bonds. The zero-order chi connectivity index (χ0) is 18.1. The molecule has 0 bridgehead atoms. The molecule has 1 aliphatic heterocycles. The summed E-state index contributed by atoms with van der Waals surface area (Å²) in [7, 11) is 0. The summed E-state index contributed by atoms with van der Waals surface area (Å²) in [5.74, 6) is 0.268. The average Bonchev–Trinajstić information content (AvgIpc) is 2.62. The van der Waals surface area contributed by atoms with Crippen LogP contribution in [0.1, 0.15) is 58.1 Å². The second-order valence-corrected chi connectivity index (χ2v) is 7.09. The highest BCUT2D eigenvalue weighted by Gasteiger charge is 2.28. The van der Waals surface area contributed by atoms with E-state index in [4.69, 9.17) is 4.74 Å². The fourth-order valence-corrected chi connectivity index (χ4v) is 3.59. The van der Waals surface area contributed by atoms with Crippen LogP contribution in [0.2, 0.25) is 0 Å². The molecule has 2 unspecified atom stereocenters. The van der Waals surface area contributed by atoms with Crippen molar-refractivity contribution in [1.29, 1.82) is 0 Å². The van der Waals surface area contributed by atoms with Gasteiger partial charge in [-0.25, -0.2) is 0 Å². The molecule has 1 aliphatic rings. The van der Waals surface area contributed by atoms with Crippen molar-refractivity contribution in [1.82, 2.24) is 9.80 Å². The number of benzene rings is 1. The summed E-state index contributed by atoms with van der Waals surface area (Å²) in [5, 5.41) is 0. The lowest BCUT2D eigenvalue weighted by atomic mass is 10.1. The third-order valence-electron chi connectivity index (χ3n) is 4.73. The molecule has 1 heterocycles. The van der Waals surface area contributed by atoms with Gasteiger partial charge in [0.2, 0.25) is 5.91 Å². The molecule has 0 radical (unpaired) electrons. The number of ether oxygens (including phenoxy) is 1. The van der Waals surface area contributed by atoms with Gasteiger partial charge in [-0.15, -0.1) is 0 Å². The van der Waals surface area contributed by atoms with Crippen LogP contribution in [0.4, 0.5) is 0 Å². The minimum absolute atomic E-state index is 0.00872. The highest BCUT2D eigenvalue weighted by atomic mass is 16.5. The van der Waals surface area contributed by atoms with Crippen LogP contribution >= 0.6 is 0 Å². The maximum absolute atomic E-state index is 12.7. The van der Waals surface area contributed by atoms with E-state index in [1.165, 1.54) is 12.8 Å². The predicted molar refractivity (Wildman–Crippen MR) is 103 cm³/mol. The topological polar surface area (TPSA) is 32.8 Å². The number of carbonyl (C=O) groups excluding carboxylic acids is 1. The Morgan fingerprint density at radius 1 is 1.12 bits per heavy atom. The van der Waals surface area contributed by atoms with E-state index in [0.29, 0.717) is 19.5 Å². The van der Waals surface area contributed by atoms with Gasteiger partial charge in [0.25, 0.3) is 0 Å². The Bertz CT molecular complexity index is 500. The van der Waals surface area contributed by atoms with Gasteiger partial charge < -0.3 is 14.5 Å². The molecule has 0 saturated carbocycles. The molecule has 1 saturated heterocycles. The normalized spacial score (nSPS) is 20.9. The molecule has 140 valence electrons. The van der Waals surface area contributed by atoms with Gasteiger partial charge in [0.05, 0.1) is 12.6 Å². The summed E-state index contributed by atoms with van der Waals surface area (Å²) >= 11 is 0. The summed E-state index contributed by atoms with van der Waals surface area (Å²) in [6.07, 6.45) is 4.00. The molecule has 0 spiro atoms. The summed E-state index contributed by atoms with van der Waals surface area (Å²) in [6, 6.07) is 10.2. The van der Waals surface area contributed by atoms with E-state index in [1.807, 2.05) is 23.1 Å². The molecule has 0 aliphatic carbocycles. The van der Waals surface area contributed by atoms with Crippen molar-refractivity contribution in [3.05, 3.63) is 35.9 Å². The van der Waals surface area contributed by atoms with E-state index in [2.05, 4.69) is 37.8 Å². The van der Waals surface area contributed by atoms with Gasteiger partial charge >= 0.3 is 0 Å². The van der Waals surface area contributed by atoms with Gasteiger partial charge in [0.1, 0.15) is 6.10 Å².